The summed E-state index contributed by atoms with van der Waals surface area (Å²) in [5, 5.41) is 9.34. The van der Waals surface area contributed by atoms with Gasteiger partial charge in [-0.2, -0.15) is 8.42 Å². The van der Waals surface area contributed by atoms with E-state index in [0.29, 0.717) is 19.1 Å². The van der Waals surface area contributed by atoms with E-state index in [-0.39, 0.29) is 18.9 Å². The molecule has 1 heterocycles. The van der Waals surface area contributed by atoms with Crippen molar-refractivity contribution in [3.63, 3.8) is 0 Å². The highest BCUT2D eigenvalue weighted by Crippen LogP contribution is 2.26. The Kier molecular flexibility index (Phi) is 14.7. The summed E-state index contributed by atoms with van der Waals surface area (Å²) in [5.41, 5.74) is 5.96. The van der Waals surface area contributed by atoms with E-state index >= 15 is 0 Å². The van der Waals surface area contributed by atoms with Gasteiger partial charge in [0.05, 0.1) is 24.3 Å². The fourth-order valence-corrected chi connectivity index (χ4v) is 4.38. The second kappa shape index (κ2) is 16.8. The van der Waals surface area contributed by atoms with Gasteiger partial charge in [0.15, 0.2) is 0 Å². The average Bonchev–Trinajstić information content (AvgIpc) is 2.87. The summed E-state index contributed by atoms with van der Waals surface area (Å²) in [6.07, 6.45) is 9.42. The third kappa shape index (κ3) is 14.8. The number of pyridine rings is 1. The Labute approximate surface area is 236 Å². The van der Waals surface area contributed by atoms with Crippen LogP contribution in [0, 0.1) is 17.8 Å². The van der Waals surface area contributed by atoms with Gasteiger partial charge in [0.25, 0.3) is 10.1 Å². The van der Waals surface area contributed by atoms with Crippen LogP contribution in [0.3, 0.4) is 0 Å². The van der Waals surface area contributed by atoms with Gasteiger partial charge in [-0.25, -0.2) is 13.9 Å². The first-order chi connectivity index (χ1) is 18.6. The predicted octanol–water partition coefficient (Wildman–Crippen LogP) is 2.31. The molecular formula is C26H38N4O8S2. The molecule has 40 heavy (non-hydrogen) atoms. The van der Waals surface area contributed by atoms with Crippen molar-refractivity contribution in [1.29, 1.82) is 0 Å². The molecule has 0 aliphatic rings. The van der Waals surface area contributed by atoms with Crippen molar-refractivity contribution < 1.29 is 36.2 Å². The van der Waals surface area contributed by atoms with Gasteiger partial charge in [0, 0.05) is 18.9 Å². The van der Waals surface area contributed by atoms with E-state index in [9.17, 15) is 31.6 Å². The third-order valence-electron chi connectivity index (χ3n) is 5.48. The van der Waals surface area contributed by atoms with Crippen molar-refractivity contribution in [2.24, 2.45) is 17.8 Å². The summed E-state index contributed by atoms with van der Waals surface area (Å²) in [6.45, 7) is 3.84. The van der Waals surface area contributed by atoms with Crippen molar-refractivity contribution in [2.45, 2.75) is 33.1 Å². The van der Waals surface area contributed by atoms with Crippen LogP contribution in [-0.4, -0.2) is 66.9 Å². The number of hydrogen-bond acceptors (Lipinski definition) is 8. The molecule has 14 heteroatoms. The molecule has 2 amide bonds. The lowest BCUT2D eigenvalue weighted by Crippen LogP contribution is -2.51. The van der Waals surface area contributed by atoms with Crippen molar-refractivity contribution in [3.05, 3.63) is 72.1 Å². The zero-order valence-electron chi connectivity index (χ0n) is 23.0. The standard InChI is InChI=1S/C25H34N4O5S.CH4O3S/c1-19(2)18-23(22(25(31)28-32)11-7-10-20-8-5-4-6-9-20)24(30)27-29(35(3,33)34)17-14-21-12-15-26-16-13-21;1-5(2,3)4/h4-10,12-13,15-16,19,22-23,32H,11,14,17-18H2,1-3H3,(H,27,30)(H,28,31);1H3,(H,2,3,4)/t22-,23+;/m0./s1. The highest BCUT2D eigenvalue weighted by Gasteiger charge is 2.35. The number of amides is 2. The van der Waals surface area contributed by atoms with Crippen LogP contribution in [0.1, 0.15) is 37.8 Å². The quantitative estimate of drug-likeness (QED) is 0.153. The lowest BCUT2D eigenvalue weighted by molar-refractivity contribution is -0.141. The molecule has 2 aromatic rings. The summed E-state index contributed by atoms with van der Waals surface area (Å²) in [6, 6.07) is 13.0. The maximum absolute atomic E-state index is 13.3. The minimum absolute atomic E-state index is 0.0216. The number of sulfonamides is 1. The monoisotopic (exact) mass is 598 g/mol. The van der Waals surface area contributed by atoms with Gasteiger partial charge in [0.2, 0.25) is 21.8 Å². The summed E-state index contributed by atoms with van der Waals surface area (Å²) in [7, 11) is -7.44. The zero-order valence-corrected chi connectivity index (χ0v) is 24.6. The number of aromatic nitrogens is 1. The fourth-order valence-electron chi connectivity index (χ4n) is 3.70. The minimum Gasteiger partial charge on any atom is -0.289 e. The van der Waals surface area contributed by atoms with Gasteiger partial charge in [-0.05, 0) is 48.4 Å². The van der Waals surface area contributed by atoms with Gasteiger partial charge < -0.3 is 0 Å². The normalized spacial score (nSPS) is 13.4. The van der Waals surface area contributed by atoms with Gasteiger partial charge in [-0.3, -0.25) is 29.8 Å². The number of hydrogen-bond donors (Lipinski definition) is 4. The maximum atomic E-state index is 13.3. The minimum atomic E-state index is -3.77. The van der Waals surface area contributed by atoms with E-state index in [4.69, 9.17) is 4.55 Å². The third-order valence-corrected chi connectivity index (χ3v) is 6.56. The molecule has 0 saturated heterocycles. The maximum Gasteiger partial charge on any atom is 0.261 e. The number of hydroxylamine groups is 1. The molecule has 12 nitrogen and oxygen atoms in total. The molecule has 2 atom stereocenters. The fraction of sp³-hybridized carbons (Fsp3) is 0.423. The molecule has 1 aromatic heterocycles. The molecule has 4 N–H and O–H groups in total. The topological polar surface area (TPSA) is 183 Å². The van der Waals surface area contributed by atoms with Crippen molar-refractivity contribution >= 4 is 38.0 Å². The Bertz CT molecular complexity index is 1290. The predicted molar refractivity (Wildman–Crippen MR) is 152 cm³/mol. The molecule has 0 aliphatic heterocycles. The first-order valence-corrected chi connectivity index (χ1v) is 16.1. The Morgan fingerprint density at radius 1 is 0.975 bits per heavy atom. The number of carbonyl (C=O) groups is 2. The van der Waals surface area contributed by atoms with Crippen molar-refractivity contribution in [2.75, 3.05) is 19.1 Å². The Morgan fingerprint density at radius 2 is 1.55 bits per heavy atom. The lowest BCUT2D eigenvalue weighted by atomic mass is 9.82. The number of rotatable bonds is 13. The van der Waals surface area contributed by atoms with Crippen LogP contribution in [0.4, 0.5) is 0 Å². The molecule has 1 aromatic carbocycles. The number of carbonyl (C=O) groups excluding carboxylic acids is 2. The molecule has 0 unspecified atom stereocenters. The van der Waals surface area contributed by atoms with Crippen LogP contribution in [-0.2, 0) is 36.2 Å². The summed E-state index contributed by atoms with van der Waals surface area (Å²) < 4.78 is 51.5. The summed E-state index contributed by atoms with van der Waals surface area (Å²) >= 11 is 0. The van der Waals surface area contributed by atoms with E-state index in [2.05, 4.69) is 10.4 Å². The van der Waals surface area contributed by atoms with E-state index in [0.717, 1.165) is 21.8 Å². The molecule has 0 spiro atoms. The Morgan fingerprint density at radius 3 is 2.05 bits per heavy atom. The molecule has 0 bridgehead atoms. The first kappa shape index (κ1) is 34.9. The van der Waals surface area contributed by atoms with E-state index in [1.54, 1.807) is 36.1 Å². The second-order valence-electron chi connectivity index (χ2n) is 9.52. The van der Waals surface area contributed by atoms with Crippen molar-refractivity contribution in [1.82, 2.24) is 20.3 Å². The molecular weight excluding hydrogens is 560 g/mol. The zero-order chi connectivity index (χ0) is 30.3. The summed E-state index contributed by atoms with van der Waals surface area (Å²) in [5.74, 6) is -3.02. The van der Waals surface area contributed by atoms with E-state index in [1.807, 2.05) is 50.3 Å². The Hall–Kier alpha value is -3.17. The van der Waals surface area contributed by atoms with Crippen LogP contribution in [0.2, 0.25) is 0 Å². The molecule has 2 rings (SSSR count). The number of nitrogens with one attached hydrogen (secondary N) is 2. The van der Waals surface area contributed by atoms with Crippen LogP contribution in [0.15, 0.2) is 60.9 Å². The number of allylic oxidation sites excluding steroid dienone is 1. The van der Waals surface area contributed by atoms with Crippen LogP contribution < -0.4 is 10.9 Å². The highest BCUT2D eigenvalue weighted by molar-refractivity contribution is 7.88. The van der Waals surface area contributed by atoms with Gasteiger partial charge in [-0.1, -0.05) is 56.3 Å². The smallest absolute Gasteiger partial charge is 0.261 e. The molecule has 0 radical (unpaired) electrons. The lowest BCUT2D eigenvalue weighted by Gasteiger charge is -2.28. The van der Waals surface area contributed by atoms with E-state index in [1.165, 1.54) is 0 Å². The molecule has 0 aliphatic carbocycles. The van der Waals surface area contributed by atoms with Gasteiger partial charge >= 0.3 is 0 Å². The number of hydrazine groups is 1. The highest BCUT2D eigenvalue weighted by atomic mass is 32.2. The molecule has 0 fully saturated rings. The van der Waals surface area contributed by atoms with E-state index < -0.39 is 43.8 Å². The van der Waals surface area contributed by atoms with Crippen LogP contribution in [0.25, 0.3) is 6.08 Å². The van der Waals surface area contributed by atoms with Crippen LogP contribution in [0.5, 0.6) is 0 Å². The first-order valence-electron chi connectivity index (χ1n) is 12.4. The van der Waals surface area contributed by atoms with Gasteiger partial charge in [0.1, 0.15) is 0 Å². The second-order valence-corrected chi connectivity index (χ2v) is 12.9. The van der Waals surface area contributed by atoms with Crippen LogP contribution >= 0.6 is 0 Å². The SMILES string of the molecule is CC(C)C[C@@H](C(=O)NN(CCc1ccncc1)S(C)(=O)=O)[C@H](CC=Cc1ccccc1)C(=O)NO.CS(=O)(=O)O. The number of nitrogens with zero attached hydrogens (tertiary/aromatic N) is 2. The largest absolute Gasteiger partial charge is 0.289 e. The number of benzene rings is 1. The Balaban J connectivity index is 0.00000146. The molecule has 222 valence electrons. The van der Waals surface area contributed by atoms with Crippen molar-refractivity contribution in [3.8, 4) is 0 Å². The average molecular weight is 599 g/mol. The summed E-state index contributed by atoms with van der Waals surface area (Å²) in [4.78, 5) is 29.8. The molecule has 0 saturated carbocycles. The van der Waals surface area contributed by atoms with Gasteiger partial charge in [-0.15, -0.1) is 4.41 Å².